The third kappa shape index (κ3) is 3.12. The lowest BCUT2D eigenvalue weighted by molar-refractivity contribution is 0.274. The van der Waals surface area contributed by atoms with Crippen molar-refractivity contribution in [1.82, 2.24) is 0 Å². The number of rotatable bonds is 3. The van der Waals surface area contributed by atoms with Crippen molar-refractivity contribution in [3.8, 4) is 11.5 Å². The van der Waals surface area contributed by atoms with Gasteiger partial charge >= 0.3 is 8.56 Å². The van der Waals surface area contributed by atoms with E-state index in [1.165, 1.54) is 0 Å². The Morgan fingerprint density at radius 3 is 1.84 bits per heavy atom. The number of benzene rings is 2. The van der Waals surface area contributed by atoms with Crippen molar-refractivity contribution in [3.63, 3.8) is 0 Å². The molecule has 0 unspecified atom stereocenters. The zero-order chi connectivity index (χ0) is 13.6. The smallest absolute Gasteiger partial charge is 0.385 e. The lowest BCUT2D eigenvalue weighted by atomic mass is 10.2. The van der Waals surface area contributed by atoms with Gasteiger partial charge in [-0.3, -0.25) is 0 Å². The van der Waals surface area contributed by atoms with Crippen LogP contribution in [0.25, 0.3) is 0 Å². The third-order valence-corrected chi connectivity index (χ3v) is 5.57. The lowest BCUT2D eigenvalue weighted by Crippen LogP contribution is -2.51. The fourth-order valence-corrected chi connectivity index (χ4v) is 3.75. The largest absolute Gasteiger partial charge is 0.458 e. The van der Waals surface area contributed by atoms with E-state index in [1.54, 1.807) is 14.2 Å². The van der Waals surface area contributed by atoms with Gasteiger partial charge in [0.1, 0.15) is 0 Å². The Labute approximate surface area is 115 Å². The number of hydrogen-bond acceptors (Lipinski definition) is 2. The first-order valence-corrected chi connectivity index (χ1v) is 7.86. The Bertz CT molecular complexity index is 566. The van der Waals surface area contributed by atoms with Gasteiger partial charge in [-0.15, -0.1) is 0 Å². The molecule has 0 bridgehead atoms. The second-order valence-electron chi connectivity index (χ2n) is 4.01. The molecule has 0 aliphatic rings. The molecule has 0 fully saturated rings. The highest BCUT2D eigenvalue weighted by molar-refractivity contribution is 6.88. The molecule has 2 rings (SSSR count). The Hall–Kier alpha value is -1.86. The normalized spacial score (nSPS) is 10.6. The summed E-state index contributed by atoms with van der Waals surface area (Å²) in [6.45, 7) is 0. The first kappa shape index (κ1) is 13.6. The zero-order valence-corrected chi connectivity index (χ0v) is 12.1. The molecule has 0 heterocycles. The molecule has 0 aliphatic heterocycles. The molecule has 2 aromatic carbocycles. The SMILES string of the molecule is CO[Si](C#Cc1ccccc1)(OC)c1ccccc1. The van der Waals surface area contributed by atoms with E-state index in [0.29, 0.717) is 0 Å². The van der Waals surface area contributed by atoms with Crippen molar-refractivity contribution in [2.45, 2.75) is 0 Å². The van der Waals surface area contributed by atoms with Gasteiger partial charge in [-0.1, -0.05) is 60.0 Å². The van der Waals surface area contributed by atoms with Crippen molar-refractivity contribution in [2.24, 2.45) is 0 Å². The summed E-state index contributed by atoms with van der Waals surface area (Å²) in [6, 6.07) is 19.8. The summed E-state index contributed by atoms with van der Waals surface area (Å²) in [7, 11) is 0.647. The molecule has 2 aromatic rings. The van der Waals surface area contributed by atoms with Gasteiger partial charge in [0, 0.05) is 25.0 Å². The molecule has 0 aromatic heterocycles. The summed E-state index contributed by atoms with van der Waals surface area (Å²) in [5, 5.41) is 1.02. The topological polar surface area (TPSA) is 18.5 Å². The van der Waals surface area contributed by atoms with Gasteiger partial charge < -0.3 is 8.85 Å². The highest BCUT2D eigenvalue weighted by Crippen LogP contribution is 2.06. The minimum atomic E-state index is -2.66. The Kier molecular flexibility index (Phi) is 4.53. The molecule has 0 saturated carbocycles. The fourth-order valence-electron chi connectivity index (χ4n) is 1.83. The summed E-state index contributed by atoms with van der Waals surface area (Å²) in [4.78, 5) is 0. The number of hydrogen-bond donors (Lipinski definition) is 0. The minimum Gasteiger partial charge on any atom is -0.385 e. The van der Waals surface area contributed by atoms with Gasteiger partial charge in [-0.2, -0.15) is 0 Å². The van der Waals surface area contributed by atoms with Crippen molar-refractivity contribution in [3.05, 3.63) is 66.2 Å². The van der Waals surface area contributed by atoms with E-state index in [0.717, 1.165) is 10.8 Å². The third-order valence-electron chi connectivity index (χ3n) is 2.87. The summed E-state index contributed by atoms with van der Waals surface area (Å²) in [6.07, 6.45) is 0. The molecule has 0 N–H and O–H groups in total. The molecule has 0 radical (unpaired) electrons. The van der Waals surface area contributed by atoms with E-state index in [-0.39, 0.29) is 0 Å². The predicted molar refractivity (Wildman–Crippen MR) is 79.2 cm³/mol. The van der Waals surface area contributed by atoms with Crippen LogP contribution in [0.5, 0.6) is 0 Å². The molecule has 2 nitrogen and oxygen atoms in total. The molecule has 0 amide bonds. The van der Waals surface area contributed by atoms with E-state index < -0.39 is 8.56 Å². The van der Waals surface area contributed by atoms with Gasteiger partial charge in [-0.25, -0.2) is 0 Å². The molecule has 0 aliphatic carbocycles. The molecule has 0 spiro atoms. The molecule has 3 heteroatoms. The van der Waals surface area contributed by atoms with Crippen LogP contribution in [0.4, 0.5) is 0 Å². The first-order chi connectivity index (χ1) is 9.30. The second kappa shape index (κ2) is 6.35. The molecule has 0 atom stereocenters. The average Bonchev–Trinajstić information content (AvgIpc) is 2.51. The van der Waals surface area contributed by atoms with Gasteiger partial charge in [0.15, 0.2) is 0 Å². The fraction of sp³-hybridized carbons (Fsp3) is 0.125. The standard InChI is InChI=1S/C16H16O2Si/c1-17-19(18-2,16-11-7-4-8-12-16)14-13-15-9-5-3-6-10-15/h3-12H,1-2H3. The van der Waals surface area contributed by atoms with Gasteiger partial charge in [-0.05, 0) is 12.1 Å². The lowest BCUT2D eigenvalue weighted by Gasteiger charge is -2.21. The van der Waals surface area contributed by atoms with E-state index in [9.17, 15) is 0 Å². The zero-order valence-electron chi connectivity index (χ0n) is 11.1. The van der Waals surface area contributed by atoms with Crippen LogP contribution in [0.15, 0.2) is 60.7 Å². The highest BCUT2D eigenvalue weighted by Gasteiger charge is 2.36. The summed E-state index contributed by atoms with van der Waals surface area (Å²) in [5.74, 6) is 3.15. The highest BCUT2D eigenvalue weighted by atomic mass is 28.4. The molecule has 19 heavy (non-hydrogen) atoms. The maximum atomic E-state index is 5.64. The molecular weight excluding hydrogens is 252 g/mol. The van der Waals surface area contributed by atoms with Crippen molar-refractivity contribution in [1.29, 1.82) is 0 Å². The molecule has 0 saturated heterocycles. The van der Waals surface area contributed by atoms with E-state index >= 15 is 0 Å². The van der Waals surface area contributed by atoms with Crippen LogP contribution in [0, 0.1) is 11.5 Å². The summed E-state index contributed by atoms with van der Waals surface area (Å²) in [5.41, 5.74) is 4.17. The monoisotopic (exact) mass is 268 g/mol. The van der Waals surface area contributed by atoms with Crippen molar-refractivity contribution in [2.75, 3.05) is 14.2 Å². The van der Waals surface area contributed by atoms with Crippen molar-refractivity contribution < 1.29 is 8.85 Å². The summed E-state index contributed by atoms with van der Waals surface area (Å²) < 4.78 is 11.3. The Morgan fingerprint density at radius 2 is 1.32 bits per heavy atom. The Morgan fingerprint density at radius 1 is 0.789 bits per heavy atom. The quantitative estimate of drug-likeness (QED) is 0.628. The predicted octanol–water partition coefficient (Wildman–Crippen LogP) is 2.22. The van der Waals surface area contributed by atoms with Crippen LogP contribution in [0.3, 0.4) is 0 Å². The second-order valence-corrected chi connectivity index (χ2v) is 6.88. The van der Waals surface area contributed by atoms with Crippen LogP contribution in [0.1, 0.15) is 5.56 Å². The Balaban J connectivity index is 2.39. The molecule has 96 valence electrons. The van der Waals surface area contributed by atoms with E-state index in [1.807, 2.05) is 60.7 Å². The van der Waals surface area contributed by atoms with E-state index in [2.05, 4.69) is 11.5 Å². The molecular formula is C16H16O2Si. The van der Waals surface area contributed by atoms with Crippen LogP contribution in [-0.4, -0.2) is 22.8 Å². The maximum absolute atomic E-state index is 5.64. The minimum absolute atomic E-state index is 0.962. The van der Waals surface area contributed by atoms with Gasteiger partial charge in [0.05, 0.1) is 0 Å². The summed E-state index contributed by atoms with van der Waals surface area (Å²) >= 11 is 0. The van der Waals surface area contributed by atoms with E-state index in [4.69, 9.17) is 8.85 Å². The van der Waals surface area contributed by atoms with Crippen LogP contribution in [0.2, 0.25) is 0 Å². The van der Waals surface area contributed by atoms with Crippen LogP contribution >= 0.6 is 0 Å². The van der Waals surface area contributed by atoms with Gasteiger partial charge in [0.25, 0.3) is 0 Å². The van der Waals surface area contributed by atoms with Gasteiger partial charge in [0.2, 0.25) is 0 Å². The average molecular weight is 268 g/mol. The van der Waals surface area contributed by atoms with Crippen LogP contribution in [-0.2, 0) is 8.85 Å². The van der Waals surface area contributed by atoms with Crippen molar-refractivity contribution >= 4 is 13.7 Å². The maximum Gasteiger partial charge on any atom is 0.458 e. The van der Waals surface area contributed by atoms with Crippen LogP contribution < -0.4 is 5.19 Å². The first-order valence-electron chi connectivity index (χ1n) is 6.05.